The smallest absolute Gasteiger partial charge is 0.303 e. The Kier molecular flexibility index (Phi) is 9.05. The molecule has 0 aliphatic carbocycles. The Morgan fingerprint density at radius 2 is 1.94 bits per heavy atom. The van der Waals surface area contributed by atoms with Crippen LogP contribution in [0.15, 0.2) is 24.3 Å². The van der Waals surface area contributed by atoms with Gasteiger partial charge in [-0.3, -0.25) is 14.5 Å². The Morgan fingerprint density at radius 1 is 1.15 bits per heavy atom. The standard InChI is InChI=1S/C23H33N5O5/c1-17(29)31-16-22-25-23(27(3)26-22)24-13-21(33-18(2)30)15-32-20-9-7-8-19(12-20)14-28-10-5-4-6-11-28/h7-9,12,21H,4-6,10-11,13-16H2,1-3H3,(H,24,25,26). The SMILES string of the molecule is CC(=O)OCc1nc(NCC(COc2cccc(CN3CCCCC3)c2)OC(C)=O)n(C)n1. The van der Waals surface area contributed by atoms with Gasteiger partial charge in [0.05, 0.1) is 6.54 Å². The monoisotopic (exact) mass is 459 g/mol. The molecule has 10 nitrogen and oxygen atoms in total. The lowest BCUT2D eigenvalue weighted by Crippen LogP contribution is -2.32. The van der Waals surface area contributed by atoms with E-state index in [2.05, 4.69) is 26.4 Å². The van der Waals surface area contributed by atoms with E-state index in [-0.39, 0.29) is 19.8 Å². The third-order valence-electron chi connectivity index (χ3n) is 5.22. The van der Waals surface area contributed by atoms with Crippen molar-refractivity contribution in [1.29, 1.82) is 0 Å². The van der Waals surface area contributed by atoms with E-state index >= 15 is 0 Å². The molecule has 1 saturated heterocycles. The summed E-state index contributed by atoms with van der Waals surface area (Å²) < 4.78 is 17.8. The maximum atomic E-state index is 11.6. The zero-order valence-electron chi connectivity index (χ0n) is 19.6. The van der Waals surface area contributed by atoms with Crippen LogP contribution in [-0.2, 0) is 39.3 Å². The molecule has 1 aromatic heterocycles. The number of nitrogens with zero attached hydrogens (tertiary/aromatic N) is 4. The van der Waals surface area contributed by atoms with E-state index < -0.39 is 18.0 Å². The third-order valence-corrected chi connectivity index (χ3v) is 5.22. The highest BCUT2D eigenvalue weighted by Crippen LogP contribution is 2.18. The second-order valence-electron chi connectivity index (χ2n) is 8.16. The van der Waals surface area contributed by atoms with Crippen LogP contribution in [0.2, 0.25) is 0 Å². The molecule has 0 spiro atoms. The predicted octanol–water partition coefficient (Wildman–Crippen LogP) is 2.29. The van der Waals surface area contributed by atoms with Gasteiger partial charge in [0, 0.05) is 27.4 Å². The summed E-state index contributed by atoms with van der Waals surface area (Å²) in [7, 11) is 1.72. The fourth-order valence-corrected chi connectivity index (χ4v) is 3.69. The molecule has 1 aliphatic heterocycles. The van der Waals surface area contributed by atoms with Crippen molar-refractivity contribution in [3.8, 4) is 5.75 Å². The maximum absolute atomic E-state index is 11.6. The number of rotatable bonds is 11. The van der Waals surface area contributed by atoms with Gasteiger partial charge in [0.15, 0.2) is 18.5 Å². The third kappa shape index (κ3) is 8.38. The van der Waals surface area contributed by atoms with Crippen LogP contribution >= 0.6 is 0 Å². The van der Waals surface area contributed by atoms with Crippen LogP contribution in [0.3, 0.4) is 0 Å². The Morgan fingerprint density at radius 3 is 2.67 bits per heavy atom. The first-order valence-electron chi connectivity index (χ1n) is 11.3. The van der Waals surface area contributed by atoms with Crippen LogP contribution in [0.25, 0.3) is 0 Å². The number of benzene rings is 1. The number of aryl methyl sites for hydroxylation is 1. The zero-order valence-corrected chi connectivity index (χ0v) is 19.6. The second-order valence-corrected chi connectivity index (χ2v) is 8.16. The topological polar surface area (TPSA) is 108 Å². The fourth-order valence-electron chi connectivity index (χ4n) is 3.69. The van der Waals surface area contributed by atoms with Crippen LogP contribution in [0.5, 0.6) is 5.75 Å². The molecule has 1 N–H and O–H groups in total. The average Bonchev–Trinajstić information content (AvgIpc) is 3.14. The van der Waals surface area contributed by atoms with Crippen molar-refractivity contribution in [2.24, 2.45) is 7.05 Å². The molecule has 1 aliphatic rings. The van der Waals surface area contributed by atoms with Crippen LogP contribution in [-0.4, -0.2) is 63.9 Å². The maximum Gasteiger partial charge on any atom is 0.303 e. The lowest BCUT2D eigenvalue weighted by atomic mass is 10.1. The van der Waals surface area contributed by atoms with Crippen molar-refractivity contribution >= 4 is 17.9 Å². The Labute approximate surface area is 194 Å². The van der Waals surface area contributed by atoms with E-state index in [0.717, 1.165) is 25.4 Å². The Balaban J connectivity index is 1.54. The number of carbonyl (C=O) groups excluding carboxylic acids is 2. The van der Waals surface area contributed by atoms with Gasteiger partial charge in [-0.15, -0.1) is 0 Å². The Hall–Kier alpha value is -3.14. The largest absolute Gasteiger partial charge is 0.490 e. The summed E-state index contributed by atoms with van der Waals surface area (Å²) in [5.74, 6) is 0.796. The number of piperidine rings is 1. The fraction of sp³-hybridized carbons (Fsp3) is 0.565. The normalized spacial score (nSPS) is 15.0. The van der Waals surface area contributed by atoms with Gasteiger partial charge in [0.2, 0.25) is 5.95 Å². The van der Waals surface area contributed by atoms with Crippen molar-refractivity contribution in [1.82, 2.24) is 19.7 Å². The lowest BCUT2D eigenvalue weighted by Gasteiger charge is -2.26. The molecule has 2 heterocycles. The van der Waals surface area contributed by atoms with E-state index in [1.165, 1.54) is 43.4 Å². The molecule has 10 heteroatoms. The zero-order chi connectivity index (χ0) is 23.6. The number of esters is 2. The van der Waals surface area contributed by atoms with E-state index in [1.54, 1.807) is 7.05 Å². The van der Waals surface area contributed by atoms with Crippen molar-refractivity contribution in [3.05, 3.63) is 35.7 Å². The molecule has 1 atom stereocenters. The molecule has 0 radical (unpaired) electrons. The molecule has 0 amide bonds. The molecule has 33 heavy (non-hydrogen) atoms. The first-order chi connectivity index (χ1) is 15.9. The summed E-state index contributed by atoms with van der Waals surface area (Å²) in [5.41, 5.74) is 1.20. The van der Waals surface area contributed by atoms with Crippen molar-refractivity contribution < 1.29 is 23.8 Å². The van der Waals surface area contributed by atoms with Gasteiger partial charge in [0.1, 0.15) is 12.4 Å². The predicted molar refractivity (Wildman–Crippen MR) is 122 cm³/mol. The van der Waals surface area contributed by atoms with E-state index in [1.807, 2.05) is 18.2 Å². The van der Waals surface area contributed by atoms with Crippen LogP contribution in [0, 0.1) is 0 Å². The van der Waals surface area contributed by atoms with Gasteiger partial charge in [-0.1, -0.05) is 18.6 Å². The number of hydrogen-bond acceptors (Lipinski definition) is 9. The van der Waals surface area contributed by atoms with Crippen LogP contribution in [0.4, 0.5) is 5.95 Å². The van der Waals surface area contributed by atoms with Gasteiger partial charge < -0.3 is 19.5 Å². The number of likely N-dealkylation sites (tertiary alicyclic amines) is 1. The minimum atomic E-state index is -0.526. The molecule has 180 valence electrons. The number of anilines is 1. The van der Waals surface area contributed by atoms with E-state index in [0.29, 0.717) is 11.8 Å². The summed E-state index contributed by atoms with van der Waals surface area (Å²) in [5, 5.41) is 7.31. The highest BCUT2D eigenvalue weighted by atomic mass is 16.6. The van der Waals surface area contributed by atoms with E-state index in [9.17, 15) is 9.59 Å². The second kappa shape index (κ2) is 12.2. The molecule has 1 fully saturated rings. The van der Waals surface area contributed by atoms with Crippen LogP contribution in [0.1, 0.15) is 44.5 Å². The minimum Gasteiger partial charge on any atom is -0.490 e. The molecule has 0 bridgehead atoms. The van der Waals surface area contributed by atoms with Gasteiger partial charge in [-0.2, -0.15) is 10.1 Å². The first kappa shape index (κ1) is 24.5. The number of carbonyl (C=O) groups is 2. The molecule has 1 aromatic carbocycles. The van der Waals surface area contributed by atoms with Gasteiger partial charge in [0.25, 0.3) is 0 Å². The van der Waals surface area contributed by atoms with Crippen LogP contribution < -0.4 is 10.1 Å². The van der Waals surface area contributed by atoms with E-state index in [4.69, 9.17) is 14.2 Å². The summed E-state index contributed by atoms with van der Waals surface area (Å²) in [6.45, 7) is 6.35. The Bertz CT molecular complexity index is 926. The van der Waals surface area contributed by atoms with Crippen molar-refractivity contribution in [2.75, 3.05) is 31.6 Å². The van der Waals surface area contributed by atoms with Gasteiger partial charge >= 0.3 is 11.9 Å². The lowest BCUT2D eigenvalue weighted by molar-refractivity contribution is -0.147. The molecule has 0 saturated carbocycles. The molecule has 3 rings (SSSR count). The summed E-state index contributed by atoms with van der Waals surface area (Å²) >= 11 is 0. The minimum absolute atomic E-state index is 0.00485. The highest BCUT2D eigenvalue weighted by Gasteiger charge is 2.16. The summed E-state index contributed by atoms with van der Waals surface area (Å²) in [6.07, 6.45) is 3.29. The average molecular weight is 460 g/mol. The number of nitrogens with one attached hydrogen (secondary N) is 1. The summed E-state index contributed by atoms with van der Waals surface area (Å²) in [4.78, 5) is 29.3. The van der Waals surface area contributed by atoms with Gasteiger partial charge in [-0.25, -0.2) is 4.68 Å². The van der Waals surface area contributed by atoms with Gasteiger partial charge in [-0.05, 0) is 43.6 Å². The first-order valence-corrected chi connectivity index (χ1v) is 11.3. The highest BCUT2D eigenvalue weighted by molar-refractivity contribution is 5.66. The molecule has 2 aromatic rings. The number of ether oxygens (including phenoxy) is 3. The van der Waals surface area contributed by atoms with Crippen molar-refractivity contribution in [2.45, 2.75) is 52.4 Å². The molecular formula is C23H33N5O5. The number of aromatic nitrogens is 3. The molecule has 1 unspecified atom stereocenters. The van der Waals surface area contributed by atoms with Crippen molar-refractivity contribution in [3.63, 3.8) is 0 Å². The molecular weight excluding hydrogens is 426 g/mol. The quantitative estimate of drug-likeness (QED) is 0.506. The number of hydrogen-bond donors (Lipinski definition) is 1. The summed E-state index contributed by atoms with van der Waals surface area (Å²) in [6, 6.07) is 8.03.